The zero-order chi connectivity index (χ0) is 18.6. The molecule has 0 saturated carbocycles. The summed E-state index contributed by atoms with van der Waals surface area (Å²) >= 11 is 0.920. The lowest BCUT2D eigenvalue weighted by Gasteiger charge is -1.99. The Morgan fingerprint density at radius 1 is 1.24 bits per heavy atom. The Hall–Kier alpha value is -2.88. The van der Waals surface area contributed by atoms with Crippen LogP contribution in [0, 0.1) is 0 Å². The van der Waals surface area contributed by atoms with Gasteiger partial charge >= 0.3 is 12.1 Å². The summed E-state index contributed by atoms with van der Waals surface area (Å²) in [6.45, 7) is 0. The molecule has 0 aliphatic carbocycles. The maximum Gasteiger partial charge on any atom is 0.490 e. The Morgan fingerprint density at radius 2 is 1.92 bits per heavy atom. The van der Waals surface area contributed by atoms with Gasteiger partial charge in [-0.3, -0.25) is 19.9 Å². The van der Waals surface area contributed by atoms with Crippen LogP contribution < -0.4 is 5.32 Å². The maximum absolute atomic E-state index is 11.4. The van der Waals surface area contributed by atoms with Gasteiger partial charge in [-0.15, -0.1) is 0 Å². The molecule has 1 aliphatic rings. The number of benzene rings is 1. The summed E-state index contributed by atoms with van der Waals surface area (Å²) in [5.74, 6) is -3.09. The van der Waals surface area contributed by atoms with Crippen LogP contribution in [0.2, 0.25) is 0 Å². The van der Waals surface area contributed by atoms with Gasteiger partial charge in [0, 0.05) is 11.6 Å². The number of carbonyl (C=O) groups is 3. The Balaban J connectivity index is 0.000000277. The number of aromatic nitrogens is 1. The maximum atomic E-state index is 11.4. The van der Waals surface area contributed by atoms with Crippen molar-refractivity contribution < 1.29 is 32.7 Å². The van der Waals surface area contributed by atoms with E-state index in [2.05, 4.69) is 10.3 Å². The predicted octanol–water partition coefficient (Wildman–Crippen LogP) is 3.19. The molecule has 1 aliphatic heterocycles. The zero-order valence-electron chi connectivity index (χ0n) is 12.2. The van der Waals surface area contributed by atoms with Crippen molar-refractivity contribution in [1.82, 2.24) is 10.3 Å². The molecule has 25 heavy (non-hydrogen) atoms. The number of aliphatic carboxylic acids is 1. The molecular weight excluding hydrogens is 361 g/mol. The molecular formula is C15H9F3N2O4S. The first-order valence-corrected chi connectivity index (χ1v) is 7.38. The molecule has 6 nitrogen and oxygen atoms in total. The number of imide groups is 1. The Kier molecular flexibility index (Phi) is 5.42. The van der Waals surface area contributed by atoms with Gasteiger partial charge in [0.2, 0.25) is 0 Å². The van der Waals surface area contributed by atoms with Crippen molar-refractivity contribution in [3.05, 3.63) is 47.0 Å². The fourth-order valence-electron chi connectivity index (χ4n) is 1.76. The van der Waals surface area contributed by atoms with Crippen LogP contribution in [-0.2, 0) is 9.59 Å². The molecule has 0 radical (unpaired) electrons. The summed E-state index contributed by atoms with van der Waals surface area (Å²) in [4.78, 5) is 36.0. The second-order valence-electron chi connectivity index (χ2n) is 4.61. The van der Waals surface area contributed by atoms with E-state index >= 15 is 0 Å². The second kappa shape index (κ2) is 7.34. The molecule has 0 atom stereocenters. The molecule has 1 fully saturated rings. The van der Waals surface area contributed by atoms with Crippen LogP contribution >= 0.6 is 11.8 Å². The van der Waals surface area contributed by atoms with Crippen molar-refractivity contribution in [2.24, 2.45) is 0 Å². The number of amides is 2. The van der Waals surface area contributed by atoms with Gasteiger partial charge < -0.3 is 5.11 Å². The van der Waals surface area contributed by atoms with Crippen molar-refractivity contribution in [3.8, 4) is 0 Å². The Bertz CT molecular complexity index is 880. The van der Waals surface area contributed by atoms with E-state index in [0.29, 0.717) is 4.91 Å². The van der Waals surface area contributed by atoms with Gasteiger partial charge in [0.05, 0.1) is 10.4 Å². The summed E-state index contributed by atoms with van der Waals surface area (Å²) in [5.41, 5.74) is 1.78. The third kappa shape index (κ3) is 5.05. The van der Waals surface area contributed by atoms with Crippen LogP contribution in [0.5, 0.6) is 0 Å². The quantitative estimate of drug-likeness (QED) is 0.749. The van der Waals surface area contributed by atoms with Gasteiger partial charge in [-0.2, -0.15) is 13.2 Å². The number of fused-ring (bicyclic) bond motifs is 1. The summed E-state index contributed by atoms with van der Waals surface area (Å²) in [6, 6.07) is 9.52. The third-order valence-electron chi connectivity index (χ3n) is 2.81. The SMILES string of the molecule is O=C(O)C(F)(F)F.O=C1NC(=O)/C(=C/c2ccc3ncccc3c2)S1. The number of nitrogens with zero attached hydrogens (tertiary/aromatic N) is 1. The number of rotatable bonds is 1. The number of carbonyl (C=O) groups excluding carboxylic acids is 2. The van der Waals surface area contributed by atoms with E-state index in [1.165, 1.54) is 0 Å². The first-order chi connectivity index (χ1) is 11.7. The topological polar surface area (TPSA) is 96.4 Å². The summed E-state index contributed by atoms with van der Waals surface area (Å²) in [7, 11) is 0. The van der Waals surface area contributed by atoms with Crippen molar-refractivity contribution in [2.75, 3.05) is 0 Å². The monoisotopic (exact) mass is 370 g/mol. The number of halogens is 3. The van der Waals surface area contributed by atoms with Crippen LogP contribution in [0.25, 0.3) is 17.0 Å². The van der Waals surface area contributed by atoms with Crippen LogP contribution in [0.1, 0.15) is 5.56 Å². The number of carboxylic acids is 1. The number of nitrogens with one attached hydrogen (secondary N) is 1. The molecule has 130 valence electrons. The predicted molar refractivity (Wildman–Crippen MR) is 84.5 cm³/mol. The fraction of sp³-hybridized carbons (Fsp3) is 0.0667. The van der Waals surface area contributed by atoms with E-state index in [9.17, 15) is 22.8 Å². The van der Waals surface area contributed by atoms with Crippen LogP contribution in [0.3, 0.4) is 0 Å². The van der Waals surface area contributed by atoms with E-state index in [-0.39, 0.29) is 11.1 Å². The van der Waals surface area contributed by atoms with E-state index in [0.717, 1.165) is 28.2 Å². The van der Waals surface area contributed by atoms with Gasteiger partial charge in [0.25, 0.3) is 11.1 Å². The van der Waals surface area contributed by atoms with Crippen LogP contribution in [-0.4, -0.2) is 33.4 Å². The molecule has 1 saturated heterocycles. The van der Waals surface area contributed by atoms with Crippen molar-refractivity contribution >= 4 is 45.9 Å². The first kappa shape index (κ1) is 18.5. The summed E-state index contributed by atoms with van der Waals surface area (Å²) < 4.78 is 31.7. The van der Waals surface area contributed by atoms with E-state index in [4.69, 9.17) is 9.90 Å². The average molecular weight is 370 g/mol. The summed E-state index contributed by atoms with van der Waals surface area (Å²) in [6.07, 6.45) is -1.64. The van der Waals surface area contributed by atoms with Crippen molar-refractivity contribution in [2.45, 2.75) is 6.18 Å². The number of hydrogen-bond donors (Lipinski definition) is 2. The molecule has 1 aromatic heterocycles. The molecule has 2 amide bonds. The molecule has 0 bridgehead atoms. The number of pyridine rings is 1. The minimum absolute atomic E-state index is 0.325. The van der Waals surface area contributed by atoms with Crippen molar-refractivity contribution in [3.63, 3.8) is 0 Å². The number of alkyl halides is 3. The molecule has 0 spiro atoms. The Morgan fingerprint density at radius 3 is 2.48 bits per heavy atom. The van der Waals surface area contributed by atoms with Crippen molar-refractivity contribution in [1.29, 1.82) is 0 Å². The lowest BCUT2D eigenvalue weighted by molar-refractivity contribution is -0.192. The lowest BCUT2D eigenvalue weighted by atomic mass is 10.1. The minimum atomic E-state index is -5.08. The molecule has 0 unspecified atom stereocenters. The Labute approximate surface area is 142 Å². The van der Waals surface area contributed by atoms with Gasteiger partial charge in [0.1, 0.15) is 0 Å². The molecule has 2 aromatic rings. The lowest BCUT2D eigenvalue weighted by Crippen LogP contribution is -2.21. The fourth-order valence-corrected chi connectivity index (χ4v) is 2.44. The molecule has 3 rings (SSSR count). The summed E-state index contributed by atoms with van der Waals surface area (Å²) in [5, 5.41) is 10.0. The van der Waals surface area contributed by atoms with Crippen LogP contribution in [0.15, 0.2) is 41.4 Å². The standard InChI is InChI=1S/C13H8N2O2S.C2HF3O2/c16-12-11(18-13(17)15-12)7-8-3-4-10-9(6-8)2-1-5-14-10;3-2(4,5)1(6)7/h1-7H,(H,15,16,17);(H,6,7)/b11-7-;. The van der Waals surface area contributed by atoms with Crippen LogP contribution in [0.4, 0.5) is 18.0 Å². The van der Waals surface area contributed by atoms with E-state index < -0.39 is 12.1 Å². The number of carboxylic acid groups (broad SMARTS) is 1. The number of thioether (sulfide) groups is 1. The highest BCUT2D eigenvalue weighted by Gasteiger charge is 2.38. The van der Waals surface area contributed by atoms with Gasteiger partial charge in [-0.1, -0.05) is 12.1 Å². The van der Waals surface area contributed by atoms with Gasteiger partial charge in [0.15, 0.2) is 0 Å². The first-order valence-electron chi connectivity index (χ1n) is 6.56. The van der Waals surface area contributed by atoms with E-state index in [1.54, 1.807) is 12.3 Å². The molecule has 1 aromatic carbocycles. The van der Waals surface area contributed by atoms with Gasteiger partial charge in [-0.25, -0.2) is 4.79 Å². The average Bonchev–Trinajstić information content (AvgIpc) is 2.84. The second-order valence-corrected chi connectivity index (χ2v) is 5.63. The van der Waals surface area contributed by atoms with Gasteiger partial charge in [-0.05, 0) is 41.6 Å². The minimum Gasteiger partial charge on any atom is -0.475 e. The largest absolute Gasteiger partial charge is 0.490 e. The van der Waals surface area contributed by atoms with E-state index in [1.807, 2.05) is 30.3 Å². The third-order valence-corrected chi connectivity index (χ3v) is 3.62. The molecule has 2 N–H and O–H groups in total. The smallest absolute Gasteiger partial charge is 0.475 e. The zero-order valence-corrected chi connectivity index (χ0v) is 13.0. The highest BCUT2D eigenvalue weighted by atomic mass is 32.2. The molecule has 10 heteroatoms. The highest BCUT2D eigenvalue weighted by Crippen LogP contribution is 2.26. The highest BCUT2D eigenvalue weighted by molar-refractivity contribution is 8.18. The number of hydrogen-bond acceptors (Lipinski definition) is 5. The molecule has 2 heterocycles. The normalized spacial score (nSPS) is 15.7.